The average molecular weight is 286 g/mol. The first-order valence-corrected chi connectivity index (χ1v) is 6.87. The Morgan fingerprint density at radius 1 is 0.762 bits per heavy atom. The third-order valence-electron chi connectivity index (χ3n) is 3.09. The van der Waals surface area contributed by atoms with Crippen molar-refractivity contribution in [1.82, 2.24) is 0 Å². The molecule has 4 heteroatoms. The Kier molecular flexibility index (Phi) is 5.35. The fourth-order valence-electron chi connectivity index (χ4n) is 1.90. The van der Waals surface area contributed by atoms with Gasteiger partial charge in [-0.2, -0.15) is 0 Å². The largest absolute Gasteiger partial charge is 0.508 e. The molecule has 0 atom stereocenters. The second kappa shape index (κ2) is 7.45. The normalized spacial score (nSPS) is 13.3. The third-order valence-corrected chi connectivity index (χ3v) is 3.09. The number of rotatable bonds is 2. The number of aromatic hydroxyl groups is 2. The molecule has 21 heavy (non-hydrogen) atoms. The maximum absolute atomic E-state index is 11.9. The summed E-state index contributed by atoms with van der Waals surface area (Å²) < 4.78 is 4.94. The van der Waals surface area contributed by atoms with E-state index in [0.29, 0.717) is 11.1 Å². The molecule has 0 spiro atoms. The third kappa shape index (κ3) is 4.61. The van der Waals surface area contributed by atoms with Crippen LogP contribution in [0.4, 0.5) is 0 Å². The van der Waals surface area contributed by atoms with E-state index >= 15 is 0 Å². The Bertz CT molecular complexity index is 514. The molecule has 1 aliphatic rings. The van der Waals surface area contributed by atoms with Crippen molar-refractivity contribution in [2.75, 3.05) is 13.2 Å². The Morgan fingerprint density at radius 2 is 1.14 bits per heavy atom. The highest BCUT2D eigenvalue weighted by molar-refractivity contribution is 6.09. The summed E-state index contributed by atoms with van der Waals surface area (Å²) in [5.74, 6) is 0.115. The van der Waals surface area contributed by atoms with Crippen LogP contribution in [0.3, 0.4) is 0 Å². The van der Waals surface area contributed by atoms with Gasteiger partial charge in [0.05, 0.1) is 0 Å². The molecule has 0 bridgehead atoms. The van der Waals surface area contributed by atoms with Crippen LogP contribution in [0.25, 0.3) is 0 Å². The number of hydrogen-bond acceptors (Lipinski definition) is 4. The van der Waals surface area contributed by atoms with Gasteiger partial charge in [0.1, 0.15) is 11.5 Å². The lowest BCUT2D eigenvalue weighted by atomic mass is 10.0. The van der Waals surface area contributed by atoms with E-state index in [1.807, 2.05) is 0 Å². The van der Waals surface area contributed by atoms with E-state index in [0.717, 1.165) is 13.2 Å². The van der Waals surface area contributed by atoms with Gasteiger partial charge in [-0.15, -0.1) is 0 Å². The minimum Gasteiger partial charge on any atom is -0.508 e. The van der Waals surface area contributed by atoms with Crippen LogP contribution in [0.1, 0.15) is 28.8 Å². The van der Waals surface area contributed by atoms with E-state index in [1.165, 1.54) is 37.1 Å². The predicted molar refractivity (Wildman–Crippen MR) is 79.7 cm³/mol. The summed E-state index contributed by atoms with van der Waals surface area (Å²) in [6, 6.07) is 12.1. The van der Waals surface area contributed by atoms with Crippen molar-refractivity contribution in [3.63, 3.8) is 0 Å². The zero-order valence-corrected chi connectivity index (χ0v) is 11.7. The van der Waals surface area contributed by atoms with Crippen molar-refractivity contribution in [2.45, 2.75) is 12.8 Å². The van der Waals surface area contributed by atoms with Crippen LogP contribution in [-0.4, -0.2) is 29.2 Å². The number of hydrogen-bond donors (Lipinski definition) is 2. The monoisotopic (exact) mass is 286 g/mol. The number of phenols is 2. The molecule has 0 aromatic heterocycles. The lowest BCUT2D eigenvalue weighted by Crippen LogP contribution is -2.00. The van der Waals surface area contributed by atoms with Crippen molar-refractivity contribution in [2.24, 2.45) is 0 Å². The molecular formula is C17H18O4. The second-order valence-electron chi connectivity index (χ2n) is 4.74. The molecule has 0 radical (unpaired) electrons. The summed E-state index contributed by atoms with van der Waals surface area (Å²) in [5.41, 5.74) is 1.01. The number of phenolic OH excluding ortho intramolecular Hbond substituents is 2. The molecule has 2 N–H and O–H groups in total. The van der Waals surface area contributed by atoms with E-state index in [1.54, 1.807) is 24.3 Å². The molecule has 0 amide bonds. The lowest BCUT2D eigenvalue weighted by Gasteiger charge is -2.01. The van der Waals surface area contributed by atoms with Crippen LogP contribution in [0.15, 0.2) is 48.5 Å². The molecule has 0 unspecified atom stereocenters. The van der Waals surface area contributed by atoms with Gasteiger partial charge in [-0.1, -0.05) is 0 Å². The molecule has 2 aromatic rings. The Hall–Kier alpha value is -2.33. The summed E-state index contributed by atoms with van der Waals surface area (Å²) in [6.07, 6.45) is 2.56. The fraction of sp³-hybridized carbons (Fsp3) is 0.235. The Balaban J connectivity index is 0.000000272. The molecule has 0 saturated carbocycles. The lowest BCUT2D eigenvalue weighted by molar-refractivity contribution is 0.103. The van der Waals surface area contributed by atoms with Crippen molar-refractivity contribution in [1.29, 1.82) is 0 Å². The Labute approximate surface area is 123 Å². The van der Waals surface area contributed by atoms with Crippen LogP contribution in [-0.2, 0) is 4.74 Å². The minimum atomic E-state index is -0.139. The second-order valence-corrected chi connectivity index (χ2v) is 4.74. The molecule has 4 nitrogen and oxygen atoms in total. The molecule has 1 fully saturated rings. The highest BCUT2D eigenvalue weighted by atomic mass is 16.5. The van der Waals surface area contributed by atoms with Gasteiger partial charge in [0, 0.05) is 24.3 Å². The zero-order valence-electron chi connectivity index (χ0n) is 11.7. The zero-order chi connectivity index (χ0) is 15.1. The molecule has 1 saturated heterocycles. The van der Waals surface area contributed by atoms with Crippen molar-refractivity contribution in [3.8, 4) is 11.5 Å². The standard InChI is InChI=1S/C13H10O3.C4H8O/c14-11-5-1-9(2-6-11)13(16)10-3-7-12(15)8-4-10;1-2-4-5-3-1/h1-8,14-15H;1-4H2. The van der Waals surface area contributed by atoms with Crippen LogP contribution in [0.5, 0.6) is 11.5 Å². The maximum Gasteiger partial charge on any atom is 0.193 e. The van der Waals surface area contributed by atoms with E-state index in [4.69, 9.17) is 14.9 Å². The van der Waals surface area contributed by atoms with E-state index in [-0.39, 0.29) is 17.3 Å². The van der Waals surface area contributed by atoms with Gasteiger partial charge in [-0.25, -0.2) is 0 Å². The van der Waals surface area contributed by atoms with Crippen LogP contribution in [0.2, 0.25) is 0 Å². The fourth-order valence-corrected chi connectivity index (χ4v) is 1.90. The molecule has 1 heterocycles. The van der Waals surface area contributed by atoms with Gasteiger partial charge in [-0.3, -0.25) is 4.79 Å². The first kappa shape index (κ1) is 15.1. The number of ketones is 1. The van der Waals surface area contributed by atoms with Crippen molar-refractivity contribution >= 4 is 5.78 Å². The van der Waals surface area contributed by atoms with Crippen molar-refractivity contribution < 1.29 is 19.7 Å². The summed E-state index contributed by atoms with van der Waals surface area (Å²) in [7, 11) is 0. The Morgan fingerprint density at radius 3 is 1.43 bits per heavy atom. The van der Waals surface area contributed by atoms with Gasteiger partial charge in [0.25, 0.3) is 0 Å². The number of ether oxygens (including phenoxy) is 1. The summed E-state index contributed by atoms with van der Waals surface area (Å²) in [4.78, 5) is 11.9. The topological polar surface area (TPSA) is 66.8 Å². The molecule has 3 rings (SSSR count). The summed E-state index contributed by atoms with van der Waals surface area (Å²) in [6.45, 7) is 2.00. The first-order chi connectivity index (χ1) is 10.2. The molecular weight excluding hydrogens is 268 g/mol. The summed E-state index contributed by atoms with van der Waals surface area (Å²) >= 11 is 0. The number of carbonyl (C=O) groups is 1. The minimum absolute atomic E-state index is 0.127. The average Bonchev–Trinajstić information content (AvgIpc) is 3.08. The van der Waals surface area contributed by atoms with Gasteiger partial charge in [0.2, 0.25) is 0 Å². The van der Waals surface area contributed by atoms with Gasteiger partial charge >= 0.3 is 0 Å². The summed E-state index contributed by atoms with van der Waals surface area (Å²) in [5, 5.41) is 18.2. The van der Waals surface area contributed by atoms with Crippen LogP contribution < -0.4 is 0 Å². The van der Waals surface area contributed by atoms with Crippen molar-refractivity contribution in [3.05, 3.63) is 59.7 Å². The van der Waals surface area contributed by atoms with Crippen LogP contribution in [0, 0.1) is 0 Å². The number of benzene rings is 2. The first-order valence-electron chi connectivity index (χ1n) is 6.87. The molecule has 2 aromatic carbocycles. The smallest absolute Gasteiger partial charge is 0.193 e. The van der Waals surface area contributed by atoms with Gasteiger partial charge in [0.15, 0.2) is 5.78 Å². The van der Waals surface area contributed by atoms with Gasteiger partial charge < -0.3 is 14.9 Å². The highest BCUT2D eigenvalue weighted by Crippen LogP contribution is 2.16. The SMILES string of the molecule is C1CCOC1.O=C(c1ccc(O)cc1)c1ccc(O)cc1. The quantitative estimate of drug-likeness (QED) is 0.832. The van der Waals surface area contributed by atoms with E-state index in [9.17, 15) is 4.79 Å². The molecule has 1 aliphatic heterocycles. The number of carbonyl (C=O) groups excluding carboxylic acids is 1. The van der Waals surface area contributed by atoms with E-state index < -0.39 is 0 Å². The van der Waals surface area contributed by atoms with Gasteiger partial charge in [-0.05, 0) is 61.4 Å². The molecule has 110 valence electrons. The van der Waals surface area contributed by atoms with E-state index in [2.05, 4.69) is 0 Å². The highest BCUT2D eigenvalue weighted by Gasteiger charge is 2.08. The predicted octanol–water partition coefficient (Wildman–Crippen LogP) is 3.13. The maximum atomic E-state index is 11.9. The molecule has 0 aliphatic carbocycles. The van der Waals surface area contributed by atoms with Crippen LogP contribution >= 0.6 is 0 Å².